The molecule has 3 rings (SSSR count). The van der Waals surface area contributed by atoms with E-state index in [2.05, 4.69) is 15.2 Å². The molecule has 0 bridgehead atoms. The maximum absolute atomic E-state index is 11.1. The first-order chi connectivity index (χ1) is 12.7. The van der Waals surface area contributed by atoms with Gasteiger partial charge in [-0.15, -0.1) is 24.0 Å². The smallest absolute Gasteiger partial charge is 0.284 e. The number of piperidine rings is 1. The number of nitrogens with one attached hydrogen (secondary N) is 1. The van der Waals surface area contributed by atoms with Gasteiger partial charge in [0.25, 0.3) is 5.91 Å². The zero-order chi connectivity index (χ0) is 18.4. The van der Waals surface area contributed by atoms with Crippen LogP contribution >= 0.6 is 24.0 Å². The third-order valence-corrected chi connectivity index (χ3v) is 5.32. The third-order valence-electron chi connectivity index (χ3n) is 5.32. The molecule has 1 aromatic rings. The maximum atomic E-state index is 11.1. The van der Waals surface area contributed by atoms with E-state index in [1.165, 1.54) is 25.7 Å². The van der Waals surface area contributed by atoms with Crippen LogP contribution in [0.1, 0.15) is 54.8 Å². The first-order valence-corrected chi connectivity index (χ1v) is 9.61. The number of nitrogens with two attached hydrogens (primary N) is 1. The van der Waals surface area contributed by atoms with Crippen molar-refractivity contribution in [3.8, 4) is 0 Å². The van der Waals surface area contributed by atoms with Gasteiger partial charge in [-0.1, -0.05) is 12.8 Å². The normalized spacial score (nSPS) is 19.1. The Bertz CT molecular complexity index is 620. The van der Waals surface area contributed by atoms with Crippen molar-refractivity contribution in [1.82, 2.24) is 10.2 Å². The van der Waals surface area contributed by atoms with Gasteiger partial charge in [-0.3, -0.25) is 9.79 Å². The quantitative estimate of drug-likeness (QED) is 0.364. The standard InChI is InChI=1S/C19H30N4O3.HI/c1-21-19(22-12-16-6-7-17(26-16)18(20)24)23-10-8-15(9-11-23)25-13-14-4-2-3-5-14;/h6-7,14-15H,2-5,8-13H2,1H3,(H2,20,24)(H,21,22);1H. The minimum Gasteiger partial charge on any atom is -0.454 e. The lowest BCUT2D eigenvalue weighted by molar-refractivity contribution is 0.000995. The minimum absolute atomic E-state index is 0. The van der Waals surface area contributed by atoms with Crippen LogP contribution in [-0.4, -0.2) is 49.6 Å². The molecule has 3 N–H and O–H groups in total. The van der Waals surface area contributed by atoms with Gasteiger partial charge in [0.2, 0.25) is 0 Å². The predicted octanol–water partition coefficient (Wildman–Crippen LogP) is 2.74. The highest BCUT2D eigenvalue weighted by atomic mass is 127. The van der Waals surface area contributed by atoms with E-state index in [9.17, 15) is 4.79 Å². The van der Waals surface area contributed by atoms with Crippen LogP contribution in [0.25, 0.3) is 0 Å². The summed E-state index contributed by atoms with van der Waals surface area (Å²) in [5, 5.41) is 3.29. The summed E-state index contributed by atoms with van der Waals surface area (Å²) in [6.07, 6.45) is 7.82. The zero-order valence-corrected chi connectivity index (χ0v) is 18.3. The van der Waals surface area contributed by atoms with E-state index in [1.807, 2.05) is 0 Å². The number of furan rings is 1. The lowest BCUT2D eigenvalue weighted by Crippen LogP contribution is -2.46. The largest absolute Gasteiger partial charge is 0.454 e. The number of amides is 1. The predicted molar refractivity (Wildman–Crippen MR) is 115 cm³/mol. The summed E-state index contributed by atoms with van der Waals surface area (Å²) in [5.41, 5.74) is 5.21. The summed E-state index contributed by atoms with van der Waals surface area (Å²) in [5.74, 6) is 1.91. The van der Waals surface area contributed by atoms with Crippen molar-refractivity contribution in [2.24, 2.45) is 16.6 Å². The topological polar surface area (TPSA) is 93.1 Å². The Hall–Kier alpha value is -1.29. The second-order valence-corrected chi connectivity index (χ2v) is 7.20. The third kappa shape index (κ3) is 6.38. The van der Waals surface area contributed by atoms with Gasteiger partial charge >= 0.3 is 0 Å². The summed E-state index contributed by atoms with van der Waals surface area (Å²) in [6.45, 7) is 3.26. The van der Waals surface area contributed by atoms with Crippen molar-refractivity contribution in [1.29, 1.82) is 0 Å². The van der Waals surface area contributed by atoms with Crippen LogP contribution in [0.4, 0.5) is 0 Å². The minimum atomic E-state index is -0.555. The number of hydrogen-bond acceptors (Lipinski definition) is 4. The number of guanidine groups is 1. The van der Waals surface area contributed by atoms with Crippen LogP contribution in [0.3, 0.4) is 0 Å². The van der Waals surface area contributed by atoms with E-state index in [0.717, 1.165) is 44.4 Å². The lowest BCUT2D eigenvalue weighted by atomic mass is 10.1. The van der Waals surface area contributed by atoms with Crippen molar-refractivity contribution in [2.75, 3.05) is 26.7 Å². The Kier molecular flexibility index (Phi) is 8.88. The highest BCUT2D eigenvalue weighted by Gasteiger charge is 2.24. The number of carbonyl (C=O) groups is 1. The van der Waals surface area contributed by atoms with Gasteiger partial charge in [-0.2, -0.15) is 0 Å². The van der Waals surface area contributed by atoms with Gasteiger partial charge in [0, 0.05) is 26.7 Å². The Morgan fingerprint density at radius 2 is 2.00 bits per heavy atom. The number of primary amides is 1. The molecule has 1 saturated heterocycles. The summed E-state index contributed by atoms with van der Waals surface area (Å²) in [7, 11) is 1.78. The van der Waals surface area contributed by atoms with Crippen molar-refractivity contribution in [3.63, 3.8) is 0 Å². The average Bonchev–Trinajstić information content (AvgIpc) is 3.33. The Morgan fingerprint density at radius 1 is 1.30 bits per heavy atom. The van der Waals surface area contributed by atoms with Crippen LogP contribution in [-0.2, 0) is 11.3 Å². The molecule has 27 heavy (non-hydrogen) atoms. The number of nitrogens with zero attached hydrogens (tertiary/aromatic N) is 2. The van der Waals surface area contributed by atoms with E-state index >= 15 is 0 Å². The molecule has 2 heterocycles. The van der Waals surface area contributed by atoms with Gasteiger partial charge in [0.1, 0.15) is 5.76 Å². The van der Waals surface area contributed by atoms with Crippen LogP contribution in [0.2, 0.25) is 0 Å². The molecule has 1 aliphatic heterocycles. The summed E-state index contributed by atoms with van der Waals surface area (Å²) in [6, 6.07) is 3.35. The summed E-state index contributed by atoms with van der Waals surface area (Å²) in [4.78, 5) is 17.7. The number of carbonyl (C=O) groups excluding carboxylic acids is 1. The molecule has 1 amide bonds. The highest BCUT2D eigenvalue weighted by Crippen LogP contribution is 2.26. The fourth-order valence-corrected chi connectivity index (χ4v) is 3.79. The second kappa shape index (κ2) is 10.9. The van der Waals surface area contributed by atoms with Crippen molar-refractivity contribution < 1.29 is 13.9 Å². The average molecular weight is 490 g/mol. The van der Waals surface area contributed by atoms with Gasteiger partial charge in [-0.05, 0) is 43.7 Å². The van der Waals surface area contributed by atoms with Crippen LogP contribution < -0.4 is 11.1 Å². The van der Waals surface area contributed by atoms with Gasteiger partial charge < -0.3 is 25.1 Å². The Morgan fingerprint density at radius 3 is 2.59 bits per heavy atom. The zero-order valence-electron chi connectivity index (χ0n) is 16.0. The molecular formula is C19H31IN4O3. The number of aliphatic imine (C=N–C) groups is 1. The molecule has 0 unspecified atom stereocenters. The fourth-order valence-electron chi connectivity index (χ4n) is 3.79. The molecule has 1 saturated carbocycles. The molecule has 0 radical (unpaired) electrons. The molecule has 2 aliphatic rings. The van der Waals surface area contributed by atoms with Crippen LogP contribution in [0.5, 0.6) is 0 Å². The van der Waals surface area contributed by atoms with E-state index in [4.69, 9.17) is 14.9 Å². The number of hydrogen-bond donors (Lipinski definition) is 2. The van der Waals surface area contributed by atoms with Gasteiger partial charge in [0.15, 0.2) is 11.7 Å². The lowest BCUT2D eigenvalue weighted by Gasteiger charge is -2.34. The molecule has 0 spiro atoms. The Balaban J connectivity index is 0.00000261. The molecule has 7 nitrogen and oxygen atoms in total. The molecule has 1 aliphatic carbocycles. The number of ether oxygens (including phenoxy) is 1. The molecule has 1 aromatic heterocycles. The molecule has 0 aromatic carbocycles. The van der Waals surface area contributed by atoms with Gasteiger partial charge in [0.05, 0.1) is 12.6 Å². The monoisotopic (exact) mass is 490 g/mol. The fraction of sp³-hybridized carbons (Fsp3) is 0.684. The molecule has 152 valence electrons. The molecule has 8 heteroatoms. The first-order valence-electron chi connectivity index (χ1n) is 9.61. The van der Waals surface area contributed by atoms with Gasteiger partial charge in [-0.25, -0.2) is 0 Å². The van der Waals surface area contributed by atoms with Crippen molar-refractivity contribution in [2.45, 2.75) is 51.2 Å². The number of likely N-dealkylation sites (tertiary alicyclic amines) is 1. The first kappa shape index (κ1) is 22.0. The molecule has 2 fully saturated rings. The maximum Gasteiger partial charge on any atom is 0.284 e. The summed E-state index contributed by atoms with van der Waals surface area (Å²) >= 11 is 0. The van der Waals surface area contributed by atoms with Crippen molar-refractivity contribution in [3.05, 3.63) is 23.7 Å². The molecular weight excluding hydrogens is 459 g/mol. The SMILES string of the molecule is CN=C(NCc1ccc(C(N)=O)o1)N1CCC(OCC2CCCC2)CC1.I. The van der Waals surface area contributed by atoms with Crippen molar-refractivity contribution >= 4 is 35.8 Å². The second-order valence-electron chi connectivity index (χ2n) is 7.20. The summed E-state index contributed by atoms with van der Waals surface area (Å²) < 4.78 is 11.5. The van der Waals surface area contributed by atoms with E-state index in [0.29, 0.717) is 18.4 Å². The molecule has 0 atom stereocenters. The van der Waals surface area contributed by atoms with E-state index in [1.54, 1.807) is 19.2 Å². The Labute approximate surface area is 178 Å². The number of rotatable bonds is 6. The van der Waals surface area contributed by atoms with Crippen LogP contribution in [0.15, 0.2) is 21.5 Å². The van der Waals surface area contributed by atoms with E-state index < -0.39 is 5.91 Å². The highest BCUT2D eigenvalue weighted by molar-refractivity contribution is 14.0. The van der Waals surface area contributed by atoms with E-state index in [-0.39, 0.29) is 29.7 Å². The van der Waals surface area contributed by atoms with Crippen LogP contribution in [0, 0.1) is 5.92 Å². The number of halogens is 1.